The molecule has 1 aliphatic rings. The molecule has 1 aromatic heterocycles. The number of nitrogens with one attached hydrogen (secondary N) is 2. The second-order valence-electron chi connectivity index (χ2n) is 7.71. The minimum atomic E-state index is -0.0258. The standard InChI is InChI=1S/C22H31N5O2/c1-5-29-19-12-6-16(7-13-19)21(28)24-17-8-10-18(11-9-17)25-22-23-15(2)14-20(26-22)27(3)4/h6-7,12-14,17-18H,5,8-11H2,1-4H3,(H,24,28)(H,23,25,26)/t17-,18+. The van der Waals surface area contributed by atoms with Gasteiger partial charge in [-0.1, -0.05) is 0 Å². The normalized spacial score (nSPS) is 18.8. The van der Waals surface area contributed by atoms with Crippen LogP contribution >= 0.6 is 0 Å². The van der Waals surface area contributed by atoms with E-state index in [1.165, 1.54) is 0 Å². The number of carbonyl (C=O) groups excluding carboxylic acids is 1. The molecule has 0 radical (unpaired) electrons. The number of benzene rings is 1. The van der Waals surface area contributed by atoms with Crippen molar-refractivity contribution in [3.05, 3.63) is 41.6 Å². The van der Waals surface area contributed by atoms with Crippen molar-refractivity contribution in [2.24, 2.45) is 0 Å². The van der Waals surface area contributed by atoms with Crippen LogP contribution in [-0.2, 0) is 0 Å². The summed E-state index contributed by atoms with van der Waals surface area (Å²) >= 11 is 0. The first-order valence-electron chi connectivity index (χ1n) is 10.3. The summed E-state index contributed by atoms with van der Waals surface area (Å²) in [4.78, 5) is 23.6. The van der Waals surface area contributed by atoms with Crippen molar-refractivity contribution in [1.82, 2.24) is 15.3 Å². The molecule has 0 spiro atoms. The van der Waals surface area contributed by atoms with Crippen LogP contribution in [0.2, 0.25) is 0 Å². The molecule has 7 nitrogen and oxygen atoms in total. The first-order valence-corrected chi connectivity index (χ1v) is 10.3. The number of hydrogen-bond acceptors (Lipinski definition) is 6. The Labute approximate surface area is 172 Å². The summed E-state index contributed by atoms with van der Waals surface area (Å²) in [7, 11) is 3.95. The summed E-state index contributed by atoms with van der Waals surface area (Å²) in [5.41, 5.74) is 1.61. The number of amides is 1. The van der Waals surface area contributed by atoms with Crippen LogP contribution in [0.3, 0.4) is 0 Å². The Morgan fingerprint density at radius 2 is 1.76 bits per heavy atom. The second-order valence-corrected chi connectivity index (χ2v) is 7.71. The highest BCUT2D eigenvalue weighted by molar-refractivity contribution is 5.94. The molecule has 1 heterocycles. The van der Waals surface area contributed by atoms with Crippen LogP contribution in [0.4, 0.5) is 11.8 Å². The van der Waals surface area contributed by atoms with E-state index in [-0.39, 0.29) is 11.9 Å². The highest BCUT2D eigenvalue weighted by Gasteiger charge is 2.23. The third-order valence-electron chi connectivity index (χ3n) is 5.12. The largest absolute Gasteiger partial charge is 0.494 e. The summed E-state index contributed by atoms with van der Waals surface area (Å²) in [6.07, 6.45) is 3.82. The Hall–Kier alpha value is -2.83. The number of nitrogens with zero attached hydrogens (tertiary/aromatic N) is 3. The lowest BCUT2D eigenvalue weighted by molar-refractivity contribution is 0.0926. The van der Waals surface area contributed by atoms with Crippen LogP contribution in [0.1, 0.15) is 48.7 Å². The fourth-order valence-electron chi connectivity index (χ4n) is 3.55. The molecular formula is C22H31N5O2. The van der Waals surface area contributed by atoms with E-state index >= 15 is 0 Å². The topological polar surface area (TPSA) is 79.4 Å². The van der Waals surface area contributed by atoms with E-state index in [1.54, 1.807) is 0 Å². The van der Waals surface area contributed by atoms with Gasteiger partial charge < -0.3 is 20.3 Å². The van der Waals surface area contributed by atoms with E-state index in [4.69, 9.17) is 4.74 Å². The average molecular weight is 398 g/mol. The lowest BCUT2D eigenvalue weighted by Gasteiger charge is -2.30. The molecule has 1 aromatic carbocycles. The number of anilines is 2. The number of aromatic nitrogens is 2. The molecule has 3 rings (SSSR count). The zero-order chi connectivity index (χ0) is 20.8. The predicted molar refractivity (Wildman–Crippen MR) is 116 cm³/mol. The summed E-state index contributed by atoms with van der Waals surface area (Å²) in [6, 6.07) is 9.79. The van der Waals surface area contributed by atoms with Crippen molar-refractivity contribution in [2.45, 2.75) is 51.6 Å². The molecule has 156 valence electrons. The van der Waals surface area contributed by atoms with E-state index in [1.807, 2.05) is 63.2 Å². The number of aryl methyl sites for hydroxylation is 1. The van der Waals surface area contributed by atoms with E-state index in [0.29, 0.717) is 24.2 Å². The van der Waals surface area contributed by atoms with Gasteiger partial charge in [0.15, 0.2) is 0 Å². The highest BCUT2D eigenvalue weighted by Crippen LogP contribution is 2.23. The van der Waals surface area contributed by atoms with Crippen molar-refractivity contribution in [3.8, 4) is 5.75 Å². The summed E-state index contributed by atoms with van der Waals surface area (Å²) in [6.45, 7) is 4.54. The van der Waals surface area contributed by atoms with Gasteiger partial charge in [0.25, 0.3) is 5.91 Å². The van der Waals surface area contributed by atoms with E-state index in [0.717, 1.165) is 42.9 Å². The highest BCUT2D eigenvalue weighted by atomic mass is 16.5. The maximum Gasteiger partial charge on any atom is 0.251 e. The molecule has 0 unspecified atom stereocenters. The van der Waals surface area contributed by atoms with Crippen LogP contribution in [0, 0.1) is 6.92 Å². The molecule has 29 heavy (non-hydrogen) atoms. The van der Waals surface area contributed by atoms with Gasteiger partial charge in [-0.05, 0) is 63.8 Å². The number of ether oxygens (including phenoxy) is 1. The Morgan fingerprint density at radius 3 is 2.38 bits per heavy atom. The van der Waals surface area contributed by atoms with Gasteiger partial charge in [0, 0.05) is 43.5 Å². The first kappa shape index (κ1) is 20.9. The molecule has 0 aliphatic heterocycles. The van der Waals surface area contributed by atoms with E-state index in [9.17, 15) is 4.79 Å². The average Bonchev–Trinajstić information content (AvgIpc) is 2.70. The van der Waals surface area contributed by atoms with Crippen LogP contribution in [0.25, 0.3) is 0 Å². The minimum absolute atomic E-state index is 0.0258. The third kappa shape index (κ3) is 5.82. The molecule has 0 saturated heterocycles. The van der Waals surface area contributed by atoms with Crippen LogP contribution in [0.15, 0.2) is 30.3 Å². The van der Waals surface area contributed by atoms with Crippen LogP contribution in [-0.4, -0.2) is 48.7 Å². The molecular weight excluding hydrogens is 366 g/mol. The number of rotatable bonds is 7. The molecule has 0 atom stereocenters. The van der Waals surface area contributed by atoms with Crippen molar-refractivity contribution in [2.75, 3.05) is 30.9 Å². The van der Waals surface area contributed by atoms with Gasteiger partial charge in [-0.3, -0.25) is 4.79 Å². The maximum atomic E-state index is 12.5. The fourth-order valence-corrected chi connectivity index (χ4v) is 3.55. The Morgan fingerprint density at radius 1 is 1.10 bits per heavy atom. The maximum absolute atomic E-state index is 12.5. The van der Waals surface area contributed by atoms with E-state index in [2.05, 4.69) is 20.6 Å². The zero-order valence-electron chi connectivity index (χ0n) is 17.7. The molecule has 1 aliphatic carbocycles. The lowest BCUT2D eigenvalue weighted by Crippen LogP contribution is -2.40. The van der Waals surface area contributed by atoms with Gasteiger partial charge in [-0.25, -0.2) is 4.98 Å². The molecule has 1 saturated carbocycles. The molecule has 0 bridgehead atoms. The Balaban J connectivity index is 1.49. The van der Waals surface area contributed by atoms with Gasteiger partial charge in [-0.2, -0.15) is 4.98 Å². The van der Waals surface area contributed by atoms with Gasteiger partial charge in [-0.15, -0.1) is 0 Å². The number of carbonyl (C=O) groups is 1. The van der Waals surface area contributed by atoms with Crippen molar-refractivity contribution in [1.29, 1.82) is 0 Å². The van der Waals surface area contributed by atoms with Crippen molar-refractivity contribution < 1.29 is 9.53 Å². The quantitative estimate of drug-likeness (QED) is 0.745. The molecule has 7 heteroatoms. The second kappa shape index (κ2) is 9.58. The first-order chi connectivity index (χ1) is 13.9. The Bertz CT molecular complexity index is 814. The number of hydrogen-bond donors (Lipinski definition) is 2. The van der Waals surface area contributed by atoms with Gasteiger partial charge in [0.05, 0.1) is 6.61 Å². The van der Waals surface area contributed by atoms with Gasteiger partial charge in [0.2, 0.25) is 5.95 Å². The van der Waals surface area contributed by atoms with Crippen LogP contribution < -0.4 is 20.3 Å². The summed E-state index contributed by atoms with van der Waals surface area (Å²) < 4.78 is 5.43. The minimum Gasteiger partial charge on any atom is -0.494 e. The Kier molecular flexibility index (Phi) is 6.90. The van der Waals surface area contributed by atoms with Gasteiger partial charge >= 0.3 is 0 Å². The molecule has 1 fully saturated rings. The summed E-state index contributed by atoms with van der Waals surface area (Å²) in [5, 5.41) is 6.62. The predicted octanol–water partition coefficient (Wildman–Crippen LogP) is 3.40. The fraction of sp³-hybridized carbons (Fsp3) is 0.500. The van der Waals surface area contributed by atoms with Gasteiger partial charge in [0.1, 0.15) is 11.6 Å². The lowest BCUT2D eigenvalue weighted by atomic mass is 9.91. The van der Waals surface area contributed by atoms with Crippen molar-refractivity contribution in [3.63, 3.8) is 0 Å². The molecule has 2 N–H and O–H groups in total. The smallest absolute Gasteiger partial charge is 0.251 e. The zero-order valence-corrected chi connectivity index (χ0v) is 17.7. The summed E-state index contributed by atoms with van der Waals surface area (Å²) in [5.74, 6) is 2.33. The SMILES string of the molecule is CCOc1ccc(C(=O)N[C@H]2CC[C@@H](Nc3nc(C)cc(N(C)C)n3)CC2)cc1. The van der Waals surface area contributed by atoms with E-state index < -0.39 is 0 Å². The molecule has 2 aromatic rings. The third-order valence-corrected chi connectivity index (χ3v) is 5.12. The van der Waals surface area contributed by atoms with Crippen molar-refractivity contribution >= 4 is 17.7 Å². The monoisotopic (exact) mass is 397 g/mol. The van der Waals surface area contributed by atoms with Crippen LogP contribution in [0.5, 0.6) is 5.75 Å². The molecule has 1 amide bonds.